The third-order valence-corrected chi connectivity index (χ3v) is 3.71. The Morgan fingerprint density at radius 2 is 1.78 bits per heavy atom. The second-order valence-electron chi connectivity index (χ2n) is 5.54. The van der Waals surface area contributed by atoms with E-state index in [1.165, 1.54) is 0 Å². The molecule has 5 nitrogen and oxygen atoms in total. The average molecular weight is 304 g/mol. The first kappa shape index (κ1) is 13.6. The molecule has 0 spiro atoms. The van der Waals surface area contributed by atoms with Crippen molar-refractivity contribution in [1.29, 1.82) is 0 Å². The summed E-state index contributed by atoms with van der Waals surface area (Å²) in [4.78, 5) is 6.70. The predicted molar refractivity (Wildman–Crippen MR) is 90.5 cm³/mol. The molecule has 0 fully saturated rings. The van der Waals surface area contributed by atoms with Gasteiger partial charge in [-0.25, -0.2) is 4.98 Å². The molecule has 23 heavy (non-hydrogen) atoms. The van der Waals surface area contributed by atoms with E-state index in [2.05, 4.69) is 4.98 Å². The molecule has 0 atom stereocenters. The number of hydrogen-bond acceptors (Lipinski definition) is 4. The highest BCUT2D eigenvalue weighted by Gasteiger charge is 2.14. The maximum Gasteiger partial charge on any atom is 0.158 e. The Morgan fingerprint density at radius 3 is 2.48 bits per heavy atom. The Kier molecular flexibility index (Phi) is 3.12. The Balaban J connectivity index is 1.94. The van der Waals surface area contributed by atoms with Crippen molar-refractivity contribution in [3.63, 3.8) is 0 Å². The molecule has 0 aliphatic heterocycles. The number of rotatable bonds is 3. The summed E-state index contributed by atoms with van der Waals surface area (Å²) in [6.45, 7) is 0. The van der Waals surface area contributed by atoms with Gasteiger partial charge in [-0.3, -0.25) is 0 Å². The number of nitrogens with zero attached hydrogens (tertiary/aromatic N) is 4. The third kappa shape index (κ3) is 2.36. The lowest BCUT2D eigenvalue weighted by molar-refractivity contribution is 0.580. The summed E-state index contributed by atoms with van der Waals surface area (Å²) in [5.74, 6) is 1.70. The Bertz CT molecular complexity index is 940. The molecule has 0 radical (unpaired) electrons. The monoisotopic (exact) mass is 304 g/mol. The third-order valence-electron chi connectivity index (χ3n) is 3.71. The van der Waals surface area contributed by atoms with Crippen LogP contribution in [0.4, 0.5) is 5.82 Å². The smallest absolute Gasteiger partial charge is 0.158 e. The number of benzene rings is 1. The van der Waals surface area contributed by atoms with Crippen LogP contribution in [0.5, 0.6) is 0 Å². The van der Waals surface area contributed by atoms with Gasteiger partial charge >= 0.3 is 0 Å². The van der Waals surface area contributed by atoms with Crippen LogP contribution in [-0.4, -0.2) is 28.7 Å². The van der Waals surface area contributed by atoms with Crippen molar-refractivity contribution in [2.45, 2.75) is 0 Å². The van der Waals surface area contributed by atoms with Gasteiger partial charge in [-0.2, -0.15) is 9.61 Å². The van der Waals surface area contributed by atoms with Crippen molar-refractivity contribution in [1.82, 2.24) is 14.6 Å². The summed E-state index contributed by atoms with van der Waals surface area (Å²) in [5, 5.41) is 4.71. The van der Waals surface area contributed by atoms with Crippen molar-refractivity contribution in [2.75, 3.05) is 19.0 Å². The van der Waals surface area contributed by atoms with Gasteiger partial charge in [0.2, 0.25) is 0 Å². The maximum atomic E-state index is 5.48. The lowest BCUT2D eigenvalue weighted by Gasteiger charge is -2.14. The normalized spacial score (nSPS) is 11.0. The first-order valence-electron chi connectivity index (χ1n) is 7.40. The van der Waals surface area contributed by atoms with Gasteiger partial charge in [0, 0.05) is 31.8 Å². The van der Waals surface area contributed by atoms with Gasteiger partial charge in [0.25, 0.3) is 0 Å². The molecule has 3 heterocycles. The van der Waals surface area contributed by atoms with Crippen molar-refractivity contribution in [3.05, 3.63) is 60.9 Å². The SMILES string of the molecule is CN(C)c1cc(-c2ccco2)nc2cc(-c3ccccc3)nn12. The van der Waals surface area contributed by atoms with Crippen LogP contribution in [-0.2, 0) is 0 Å². The standard InChI is InChI=1S/C18H16N4O/c1-21(2)18-12-15(16-9-6-10-23-16)19-17-11-14(20-22(17)18)13-7-4-3-5-8-13/h3-12H,1-2H3. The van der Waals surface area contributed by atoms with Crippen LogP contribution >= 0.6 is 0 Å². The van der Waals surface area contributed by atoms with Gasteiger partial charge in [0.15, 0.2) is 11.4 Å². The Hall–Kier alpha value is -3.08. The van der Waals surface area contributed by atoms with Crippen molar-refractivity contribution < 1.29 is 4.42 Å². The minimum atomic E-state index is 0.748. The van der Waals surface area contributed by atoms with Crippen molar-refractivity contribution in [3.8, 4) is 22.7 Å². The van der Waals surface area contributed by atoms with Crippen LogP contribution in [0.3, 0.4) is 0 Å². The zero-order chi connectivity index (χ0) is 15.8. The van der Waals surface area contributed by atoms with Crippen LogP contribution in [0.1, 0.15) is 0 Å². The van der Waals surface area contributed by atoms with E-state index in [9.17, 15) is 0 Å². The number of furan rings is 1. The molecule has 4 rings (SSSR count). The molecule has 0 aliphatic rings. The molecule has 0 saturated heterocycles. The van der Waals surface area contributed by atoms with E-state index in [4.69, 9.17) is 9.52 Å². The van der Waals surface area contributed by atoms with Crippen molar-refractivity contribution >= 4 is 11.5 Å². The largest absolute Gasteiger partial charge is 0.463 e. The molecule has 0 saturated carbocycles. The van der Waals surface area contributed by atoms with Gasteiger partial charge in [-0.1, -0.05) is 30.3 Å². The molecule has 0 N–H and O–H groups in total. The summed E-state index contributed by atoms with van der Waals surface area (Å²) in [7, 11) is 3.98. The van der Waals surface area contributed by atoms with Crippen LogP contribution in [0.2, 0.25) is 0 Å². The summed E-state index contributed by atoms with van der Waals surface area (Å²) < 4.78 is 7.34. The molecular formula is C18H16N4O. The number of anilines is 1. The van der Waals surface area contributed by atoms with Gasteiger partial charge in [0.1, 0.15) is 11.5 Å². The molecule has 1 aromatic carbocycles. The molecule has 0 bridgehead atoms. The summed E-state index contributed by atoms with van der Waals surface area (Å²) in [5.41, 5.74) is 3.56. The number of aromatic nitrogens is 3. The van der Waals surface area contributed by atoms with E-state index >= 15 is 0 Å². The highest BCUT2D eigenvalue weighted by molar-refractivity contribution is 5.69. The first-order valence-corrected chi connectivity index (χ1v) is 7.40. The summed E-state index contributed by atoms with van der Waals surface area (Å²) >= 11 is 0. The average Bonchev–Trinajstić information content (AvgIpc) is 3.23. The molecule has 114 valence electrons. The first-order chi connectivity index (χ1) is 11.2. The van der Waals surface area contributed by atoms with E-state index in [-0.39, 0.29) is 0 Å². The minimum Gasteiger partial charge on any atom is -0.463 e. The topological polar surface area (TPSA) is 46.6 Å². The number of hydrogen-bond donors (Lipinski definition) is 0. The van der Waals surface area contributed by atoms with E-state index in [0.717, 1.165) is 34.2 Å². The van der Waals surface area contributed by atoms with Crippen LogP contribution in [0, 0.1) is 0 Å². The highest BCUT2D eigenvalue weighted by Crippen LogP contribution is 2.26. The van der Waals surface area contributed by atoms with Crippen LogP contribution in [0.25, 0.3) is 28.4 Å². The maximum absolute atomic E-state index is 5.48. The summed E-state index contributed by atoms with van der Waals surface area (Å²) in [6.07, 6.45) is 1.66. The molecule has 3 aromatic heterocycles. The highest BCUT2D eigenvalue weighted by atomic mass is 16.3. The van der Waals surface area contributed by atoms with E-state index < -0.39 is 0 Å². The fourth-order valence-corrected chi connectivity index (χ4v) is 2.58. The zero-order valence-corrected chi connectivity index (χ0v) is 13.0. The summed E-state index contributed by atoms with van der Waals surface area (Å²) in [6, 6.07) is 17.9. The van der Waals surface area contributed by atoms with Crippen LogP contribution in [0.15, 0.2) is 65.3 Å². The predicted octanol–water partition coefficient (Wildman–Crippen LogP) is 3.72. The molecule has 0 aliphatic carbocycles. The van der Waals surface area contributed by atoms with E-state index in [0.29, 0.717) is 0 Å². The fourth-order valence-electron chi connectivity index (χ4n) is 2.58. The lowest BCUT2D eigenvalue weighted by atomic mass is 10.2. The Labute approximate surface area is 133 Å². The minimum absolute atomic E-state index is 0.748. The fraction of sp³-hybridized carbons (Fsp3) is 0.111. The molecular weight excluding hydrogens is 288 g/mol. The molecule has 0 amide bonds. The second kappa shape index (κ2) is 5.28. The van der Waals surface area contributed by atoms with Crippen molar-refractivity contribution in [2.24, 2.45) is 0 Å². The lowest BCUT2D eigenvalue weighted by Crippen LogP contribution is -2.14. The zero-order valence-electron chi connectivity index (χ0n) is 13.0. The molecule has 4 aromatic rings. The van der Waals surface area contributed by atoms with Gasteiger partial charge in [-0.15, -0.1) is 0 Å². The second-order valence-corrected chi connectivity index (χ2v) is 5.54. The van der Waals surface area contributed by atoms with Gasteiger partial charge in [-0.05, 0) is 12.1 Å². The Morgan fingerprint density at radius 1 is 0.957 bits per heavy atom. The van der Waals surface area contributed by atoms with E-state index in [1.54, 1.807) is 6.26 Å². The quantitative estimate of drug-likeness (QED) is 0.578. The number of fused-ring (bicyclic) bond motifs is 1. The van der Waals surface area contributed by atoms with E-state index in [1.807, 2.05) is 78.1 Å². The molecule has 5 heteroatoms. The van der Waals surface area contributed by atoms with Gasteiger partial charge < -0.3 is 9.32 Å². The van der Waals surface area contributed by atoms with Crippen LogP contribution < -0.4 is 4.90 Å². The van der Waals surface area contributed by atoms with Gasteiger partial charge in [0.05, 0.1) is 12.0 Å². The molecule has 0 unspecified atom stereocenters.